The largest absolute Gasteiger partial charge is 0.383 e. The van der Waals surface area contributed by atoms with Gasteiger partial charge in [0.15, 0.2) is 0 Å². The summed E-state index contributed by atoms with van der Waals surface area (Å²) in [5.74, 6) is 1.53. The summed E-state index contributed by atoms with van der Waals surface area (Å²) in [5.41, 5.74) is 12.1. The van der Waals surface area contributed by atoms with Crippen molar-refractivity contribution >= 4 is 17.8 Å². The molecule has 8 nitrogen and oxygen atoms in total. The van der Waals surface area contributed by atoms with Gasteiger partial charge in [-0.2, -0.15) is 5.10 Å². The van der Waals surface area contributed by atoms with Crippen LogP contribution in [0.2, 0.25) is 0 Å². The molecule has 3 aromatic rings. The molecule has 1 amide bonds. The Labute approximate surface area is 174 Å². The molecule has 30 heavy (non-hydrogen) atoms. The van der Waals surface area contributed by atoms with Crippen LogP contribution in [0.3, 0.4) is 0 Å². The lowest BCUT2D eigenvalue weighted by Crippen LogP contribution is -2.35. The van der Waals surface area contributed by atoms with Gasteiger partial charge in [-0.05, 0) is 54.2 Å². The van der Waals surface area contributed by atoms with Crippen LogP contribution in [0.25, 0.3) is 17.3 Å². The number of aromatic nitrogens is 4. The Hall–Kier alpha value is -3.68. The summed E-state index contributed by atoms with van der Waals surface area (Å²) in [7, 11) is 1.94. The molecule has 2 aliphatic rings. The molecule has 0 radical (unpaired) electrons. The molecule has 8 heteroatoms. The second-order valence-corrected chi connectivity index (χ2v) is 8.01. The fourth-order valence-electron chi connectivity index (χ4n) is 4.03. The van der Waals surface area contributed by atoms with E-state index in [4.69, 9.17) is 5.73 Å². The van der Waals surface area contributed by atoms with Crippen molar-refractivity contribution in [2.45, 2.75) is 25.8 Å². The number of anilines is 1. The standard InChI is InChI=1S/C22H23N7O/c1-12-3-4-24-10-17(12)19-5-13-6-20(29(2)11-18(13)21(23)27-19)28-22(30)16-7-15(16)14-8-25-26-9-14/h3-6,8-10,15-16H,7,11H2,1-2H3,(H2,23,27)(H,25,26)(H,28,30)/t15-,16?/m1/s1. The molecule has 2 atom stereocenters. The molecule has 1 unspecified atom stereocenters. The molecule has 1 fully saturated rings. The van der Waals surface area contributed by atoms with Gasteiger partial charge in [-0.25, -0.2) is 4.98 Å². The number of carbonyl (C=O) groups excluding carboxylic acids is 1. The van der Waals surface area contributed by atoms with E-state index in [0.717, 1.165) is 45.8 Å². The molecule has 1 aliphatic carbocycles. The van der Waals surface area contributed by atoms with E-state index in [1.54, 1.807) is 18.6 Å². The fraction of sp³-hybridized carbons (Fsp3) is 0.273. The van der Waals surface area contributed by atoms with Gasteiger partial charge in [0.1, 0.15) is 11.6 Å². The Bertz CT molecular complexity index is 1150. The number of fused-ring (bicyclic) bond motifs is 1. The number of rotatable bonds is 4. The molecule has 0 saturated heterocycles. The van der Waals surface area contributed by atoms with Gasteiger partial charge in [0.2, 0.25) is 5.91 Å². The number of H-pyrrole nitrogens is 1. The van der Waals surface area contributed by atoms with Gasteiger partial charge < -0.3 is 16.0 Å². The summed E-state index contributed by atoms with van der Waals surface area (Å²) in [6.07, 6.45) is 10.0. The van der Waals surface area contributed by atoms with Crippen LogP contribution in [0.4, 0.5) is 5.82 Å². The highest BCUT2D eigenvalue weighted by atomic mass is 16.2. The number of hydrogen-bond acceptors (Lipinski definition) is 6. The number of nitrogens with zero attached hydrogens (tertiary/aromatic N) is 4. The Morgan fingerprint density at radius 2 is 2.23 bits per heavy atom. The Morgan fingerprint density at radius 3 is 3.00 bits per heavy atom. The Balaban J connectivity index is 1.41. The summed E-state index contributed by atoms with van der Waals surface area (Å²) in [5, 5.41) is 9.89. The molecule has 3 aromatic heterocycles. The summed E-state index contributed by atoms with van der Waals surface area (Å²) < 4.78 is 0. The van der Waals surface area contributed by atoms with E-state index in [9.17, 15) is 4.79 Å². The maximum absolute atomic E-state index is 12.8. The molecule has 4 N–H and O–H groups in total. The number of pyridine rings is 2. The average molecular weight is 401 g/mol. The zero-order chi connectivity index (χ0) is 20.8. The molecule has 152 valence electrons. The van der Waals surface area contributed by atoms with Gasteiger partial charge >= 0.3 is 0 Å². The minimum absolute atomic E-state index is 0.0191. The van der Waals surface area contributed by atoms with Crippen molar-refractivity contribution in [3.8, 4) is 11.3 Å². The van der Waals surface area contributed by atoms with Crippen LogP contribution in [-0.4, -0.2) is 38.0 Å². The van der Waals surface area contributed by atoms with Crippen molar-refractivity contribution in [3.05, 3.63) is 65.0 Å². The minimum Gasteiger partial charge on any atom is -0.383 e. The van der Waals surface area contributed by atoms with E-state index >= 15 is 0 Å². The molecule has 0 spiro atoms. The third kappa shape index (κ3) is 3.20. The van der Waals surface area contributed by atoms with Gasteiger partial charge in [0, 0.05) is 49.2 Å². The number of carbonyl (C=O) groups is 1. The minimum atomic E-state index is -0.0191. The van der Waals surface area contributed by atoms with Crippen LogP contribution in [0.5, 0.6) is 0 Å². The highest BCUT2D eigenvalue weighted by Crippen LogP contribution is 2.47. The second kappa shape index (κ2) is 6.98. The third-order valence-corrected chi connectivity index (χ3v) is 5.93. The second-order valence-electron chi connectivity index (χ2n) is 8.01. The molecule has 1 saturated carbocycles. The highest BCUT2D eigenvalue weighted by molar-refractivity contribution is 5.85. The SMILES string of the molecule is Cc1ccncc1-c1cc2c(c(N)n1)CN(C)C(NC(=O)C1C[C@@H]1c1cn[nH]c1)=C2. The Morgan fingerprint density at radius 1 is 1.37 bits per heavy atom. The quantitative estimate of drug-likeness (QED) is 0.619. The smallest absolute Gasteiger partial charge is 0.229 e. The number of aryl methyl sites for hydroxylation is 1. The topological polar surface area (TPSA) is 113 Å². The molecule has 0 aromatic carbocycles. The zero-order valence-corrected chi connectivity index (χ0v) is 16.9. The number of nitrogens with two attached hydrogens (primary N) is 1. The van der Waals surface area contributed by atoms with E-state index in [0.29, 0.717) is 12.4 Å². The van der Waals surface area contributed by atoms with E-state index in [1.807, 2.05) is 43.3 Å². The predicted octanol–water partition coefficient (Wildman–Crippen LogP) is 2.42. The normalized spacial score (nSPS) is 19.8. The first-order valence-corrected chi connectivity index (χ1v) is 9.94. The van der Waals surface area contributed by atoms with E-state index in [-0.39, 0.29) is 17.7 Å². The van der Waals surface area contributed by atoms with Gasteiger partial charge in [-0.1, -0.05) is 0 Å². The van der Waals surface area contributed by atoms with Crippen LogP contribution < -0.4 is 11.1 Å². The Kier molecular flexibility index (Phi) is 4.27. The van der Waals surface area contributed by atoms with Crippen LogP contribution in [-0.2, 0) is 11.3 Å². The lowest BCUT2D eigenvalue weighted by molar-refractivity contribution is -0.122. The molecule has 4 heterocycles. The van der Waals surface area contributed by atoms with E-state index in [1.165, 1.54) is 0 Å². The maximum Gasteiger partial charge on any atom is 0.229 e. The van der Waals surface area contributed by atoms with Crippen LogP contribution >= 0.6 is 0 Å². The summed E-state index contributed by atoms with van der Waals surface area (Å²) in [6.45, 7) is 2.61. The monoisotopic (exact) mass is 401 g/mol. The van der Waals surface area contributed by atoms with E-state index < -0.39 is 0 Å². The molecular formula is C22H23N7O. The number of aromatic amines is 1. The van der Waals surface area contributed by atoms with Gasteiger partial charge in [-0.15, -0.1) is 0 Å². The van der Waals surface area contributed by atoms with Crippen LogP contribution in [0.1, 0.15) is 34.6 Å². The number of nitrogens with one attached hydrogen (secondary N) is 2. The molecule has 5 rings (SSSR count). The predicted molar refractivity (Wildman–Crippen MR) is 114 cm³/mol. The van der Waals surface area contributed by atoms with Gasteiger partial charge in [0.05, 0.1) is 11.9 Å². The van der Waals surface area contributed by atoms with Crippen molar-refractivity contribution in [1.29, 1.82) is 0 Å². The van der Waals surface area contributed by atoms with Crippen LogP contribution in [0.15, 0.2) is 42.7 Å². The average Bonchev–Trinajstić information content (AvgIpc) is 3.34. The van der Waals surface area contributed by atoms with Crippen molar-refractivity contribution in [3.63, 3.8) is 0 Å². The lowest BCUT2D eigenvalue weighted by atomic mass is 10.00. The van der Waals surface area contributed by atoms with E-state index in [2.05, 4.69) is 25.5 Å². The van der Waals surface area contributed by atoms with Crippen molar-refractivity contribution in [2.24, 2.45) is 5.92 Å². The first-order valence-electron chi connectivity index (χ1n) is 9.94. The first kappa shape index (κ1) is 18.4. The molecule has 0 bridgehead atoms. The lowest BCUT2D eigenvalue weighted by Gasteiger charge is -2.29. The fourth-order valence-corrected chi connectivity index (χ4v) is 4.03. The highest BCUT2D eigenvalue weighted by Gasteiger charge is 2.44. The summed E-state index contributed by atoms with van der Waals surface area (Å²) >= 11 is 0. The van der Waals surface area contributed by atoms with Gasteiger partial charge in [0.25, 0.3) is 0 Å². The summed E-state index contributed by atoms with van der Waals surface area (Å²) in [6, 6.07) is 3.97. The zero-order valence-electron chi connectivity index (χ0n) is 16.9. The molecular weight excluding hydrogens is 378 g/mol. The van der Waals surface area contributed by atoms with Crippen molar-refractivity contribution in [1.82, 2.24) is 30.4 Å². The summed E-state index contributed by atoms with van der Waals surface area (Å²) in [4.78, 5) is 23.6. The third-order valence-electron chi connectivity index (χ3n) is 5.93. The number of hydrogen-bond donors (Lipinski definition) is 3. The van der Waals surface area contributed by atoms with Gasteiger partial charge in [-0.3, -0.25) is 14.9 Å². The number of nitrogen functional groups attached to an aromatic ring is 1. The number of amides is 1. The van der Waals surface area contributed by atoms with Crippen LogP contribution in [0, 0.1) is 12.8 Å². The first-order chi connectivity index (χ1) is 14.5. The molecule has 1 aliphatic heterocycles. The van der Waals surface area contributed by atoms with Crippen molar-refractivity contribution in [2.75, 3.05) is 12.8 Å². The maximum atomic E-state index is 12.8. The van der Waals surface area contributed by atoms with Crippen molar-refractivity contribution < 1.29 is 4.79 Å².